The third kappa shape index (κ3) is 3.25. The van der Waals surface area contributed by atoms with Crippen molar-refractivity contribution in [1.82, 2.24) is 0 Å². The molecule has 0 bridgehead atoms. The van der Waals surface area contributed by atoms with Crippen LogP contribution in [0.15, 0.2) is 36.4 Å². The normalized spacial score (nSPS) is 12.0. The Hall–Kier alpha value is -2.70. The van der Waals surface area contributed by atoms with Crippen molar-refractivity contribution in [1.29, 1.82) is 0 Å². The maximum Gasteiger partial charge on any atom is 0.307 e. The van der Waals surface area contributed by atoms with Crippen molar-refractivity contribution < 1.29 is 18.8 Å². The number of phenols is 1. The number of rotatable bonds is 4. The van der Waals surface area contributed by atoms with E-state index in [1.54, 1.807) is 19.1 Å². The van der Waals surface area contributed by atoms with Crippen LogP contribution in [0, 0.1) is 21.7 Å². The smallest absolute Gasteiger partial charge is 0.307 e. The van der Waals surface area contributed by atoms with Gasteiger partial charge in [-0.2, -0.15) is 4.39 Å². The van der Waals surface area contributed by atoms with E-state index in [0.717, 1.165) is 11.6 Å². The van der Waals surface area contributed by atoms with Crippen LogP contribution in [-0.2, 0) is 0 Å². The van der Waals surface area contributed by atoms with Gasteiger partial charge >= 0.3 is 5.69 Å². The lowest BCUT2D eigenvalue weighted by Crippen LogP contribution is -2.09. The lowest BCUT2D eigenvalue weighted by molar-refractivity contribution is -0.387. The topological polar surface area (TPSA) is 75.4 Å². The first-order valence-electron chi connectivity index (χ1n) is 6.07. The van der Waals surface area contributed by atoms with Crippen LogP contribution in [0.3, 0.4) is 0 Å². The lowest BCUT2D eigenvalue weighted by atomic mass is 10.1. The third-order valence-electron chi connectivity index (χ3n) is 3.00. The highest BCUT2D eigenvalue weighted by molar-refractivity contribution is 5.54. The molecule has 7 heteroatoms. The molecule has 0 aliphatic carbocycles. The molecular formula is C14H12F2N2O3. The average Bonchev–Trinajstić information content (AvgIpc) is 2.42. The molecule has 1 unspecified atom stereocenters. The summed E-state index contributed by atoms with van der Waals surface area (Å²) in [4.78, 5) is 9.75. The maximum atomic E-state index is 13.7. The second-order valence-electron chi connectivity index (χ2n) is 4.50. The second kappa shape index (κ2) is 5.74. The molecule has 0 aliphatic rings. The van der Waals surface area contributed by atoms with E-state index in [1.165, 1.54) is 12.1 Å². The zero-order chi connectivity index (χ0) is 15.6. The van der Waals surface area contributed by atoms with Crippen molar-refractivity contribution in [2.45, 2.75) is 13.0 Å². The Kier molecular flexibility index (Phi) is 4.02. The molecule has 5 nitrogen and oxygen atoms in total. The van der Waals surface area contributed by atoms with Gasteiger partial charge in [-0.05, 0) is 24.6 Å². The third-order valence-corrected chi connectivity index (χ3v) is 3.00. The summed E-state index contributed by atoms with van der Waals surface area (Å²) in [6.07, 6.45) is 0. The molecule has 2 rings (SSSR count). The molecule has 0 heterocycles. The summed E-state index contributed by atoms with van der Waals surface area (Å²) in [7, 11) is 0. The maximum absolute atomic E-state index is 13.7. The number of benzene rings is 2. The molecule has 0 aromatic heterocycles. The van der Waals surface area contributed by atoms with Gasteiger partial charge in [0, 0.05) is 18.2 Å². The number of aromatic hydroxyl groups is 1. The fraction of sp³-hybridized carbons (Fsp3) is 0.143. The van der Waals surface area contributed by atoms with Crippen molar-refractivity contribution >= 4 is 11.4 Å². The van der Waals surface area contributed by atoms with Crippen LogP contribution in [-0.4, -0.2) is 10.0 Å². The van der Waals surface area contributed by atoms with Crippen molar-refractivity contribution in [2.24, 2.45) is 0 Å². The molecule has 0 saturated carbocycles. The SMILES string of the molecule is CC(Nc1cc([N+](=O)[O-])c(F)cc1F)c1ccc(O)cc1. The Labute approximate surface area is 119 Å². The van der Waals surface area contributed by atoms with Gasteiger partial charge in [0.05, 0.1) is 10.6 Å². The molecule has 2 N–H and O–H groups in total. The Bertz CT molecular complexity index is 675. The van der Waals surface area contributed by atoms with E-state index < -0.39 is 22.2 Å². The lowest BCUT2D eigenvalue weighted by Gasteiger charge is -2.16. The summed E-state index contributed by atoms with van der Waals surface area (Å²) in [5.74, 6) is -2.04. The molecule has 2 aromatic carbocycles. The summed E-state index contributed by atoms with van der Waals surface area (Å²) >= 11 is 0. The van der Waals surface area contributed by atoms with E-state index in [2.05, 4.69) is 5.32 Å². The minimum atomic E-state index is -1.22. The van der Waals surface area contributed by atoms with Crippen LogP contribution < -0.4 is 5.32 Å². The van der Waals surface area contributed by atoms with Gasteiger partial charge in [0.25, 0.3) is 0 Å². The van der Waals surface area contributed by atoms with Gasteiger partial charge < -0.3 is 10.4 Å². The Morgan fingerprint density at radius 1 is 1.19 bits per heavy atom. The highest BCUT2D eigenvalue weighted by Crippen LogP contribution is 2.28. The largest absolute Gasteiger partial charge is 0.508 e. The number of nitro benzene ring substituents is 1. The number of halogens is 2. The summed E-state index contributed by atoms with van der Waals surface area (Å²) in [5.41, 5.74) is -0.223. The van der Waals surface area contributed by atoms with Gasteiger partial charge in [-0.3, -0.25) is 10.1 Å². The minimum Gasteiger partial charge on any atom is -0.508 e. The number of phenolic OH excluding ortho intramolecular Hbond substituents is 1. The molecule has 1 atom stereocenters. The first kappa shape index (κ1) is 14.7. The van der Waals surface area contributed by atoms with E-state index in [9.17, 15) is 24.0 Å². The predicted molar refractivity (Wildman–Crippen MR) is 73.2 cm³/mol. The van der Waals surface area contributed by atoms with E-state index in [1.807, 2.05) is 0 Å². The standard InChI is InChI=1S/C14H12F2N2O3/c1-8(9-2-4-10(19)5-3-9)17-13-7-14(18(20)21)12(16)6-11(13)15/h2-8,17,19H,1H3. The predicted octanol–water partition coefficient (Wildman–Crippen LogP) is 3.75. The van der Waals surface area contributed by atoms with Gasteiger partial charge in [0.1, 0.15) is 11.6 Å². The number of hydrogen-bond acceptors (Lipinski definition) is 4. The Morgan fingerprint density at radius 2 is 1.81 bits per heavy atom. The molecule has 2 aromatic rings. The monoisotopic (exact) mass is 294 g/mol. The number of nitrogens with zero attached hydrogens (tertiary/aromatic N) is 1. The van der Waals surface area contributed by atoms with Crippen molar-refractivity contribution in [3.05, 3.63) is 63.7 Å². The number of hydrogen-bond donors (Lipinski definition) is 2. The Balaban J connectivity index is 2.28. The quantitative estimate of drug-likeness (QED) is 0.665. The van der Waals surface area contributed by atoms with Crippen LogP contribution in [0.4, 0.5) is 20.2 Å². The number of nitrogens with one attached hydrogen (secondary N) is 1. The van der Waals surface area contributed by atoms with Gasteiger partial charge in [-0.1, -0.05) is 12.1 Å². The zero-order valence-corrected chi connectivity index (χ0v) is 11.0. The van der Waals surface area contributed by atoms with Gasteiger partial charge in [-0.15, -0.1) is 0 Å². The summed E-state index contributed by atoms with van der Waals surface area (Å²) in [6, 6.07) is 7.11. The van der Waals surface area contributed by atoms with Crippen LogP contribution in [0.5, 0.6) is 5.75 Å². The number of anilines is 1. The molecule has 110 valence electrons. The van der Waals surface area contributed by atoms with Crippen LogP contribution >= 0.6 is 0 Å². The molecule has 0 radical (unpaired) electrons. The van der Waals surface area contributed by atoms with E-state index in [-0.39, 0.29) is 17.5 Å². The summed E-state index contributed by atoms with van der Waals surface area (Å²) in [6.45, 7) is 1.71. The van der Waals surface area contributed by atoms with Crippen molar-refractivity contribution in [2.75, 3.05) is 5.32 Å². The fourth-order valence-electron chi connectivity index (χ4n) is 1.87. The molecule has 0 saturated heterocycles. The second-order valence-corrected chi connectivity index (χ2v) is 4.50. The van der Waals surface area contributed by atoms with Crippen LogP contribution in [0.1, 0.15) is 18.5 Å². The average molecular weight is 294 g/mol. The Morgan fingerprint density at radius 3 is 2.38 bits per heavy atom. The molecule has 0 aliphatic heterocycles. The fourth-order valence-corrected chi connectivity index (χ4v) is 1.87. The van der Waals surface area contributed by atoms with E-state index in [0.29, 0.717) is 6.07 Å². The van der Waals surface area contributed by atoms with Crippen molar-refractivity contribution in [3.8, 4) is 5.75 Å². The zero-order valence-electron chi connectivity index (χ0n) is 11.0. The van der Waals surface area contributed by atoms with Crippen LogP contribution in [0.25, 0.3) is 0 Å². The van der Waals surface area contributed by atoms with Crippen LogP contribution in [0.2, 0.25) is 0 Å². The highest BCUT2D eigenvalue weighted by Gasteiger charge is 2.19. The highest BCUT2D eigenvalue weighted by atomic mass is 19.1. The first-order valence-corrected chi connectivity index (χ1v) is 6.07. The van der Waals surface area contributed by atoms with Gasteiger partial charge in [-0.25, -0.2) is 4.39 Å². The number of nitro groups is 1. The molecule has 0 amide bonds. The van der Waals surface area contributed by atoms with Gasteiger partial charge in [0.2, 0.25) is 5.82 Å². The van der Waals surface area contributed by atoms with Crippen molar-refractivity contribution in [3.63, 3.8) is 0 Å². The minimum absolute atomic E-state index is 0.0922. The molecule has 21 heavy (non-hydrogen) atoms. The van der Waals surface area contributed by atoms with E-state index >= 15 is 0 Å². The molecule has 0 fully saturated rings. The van der Waals surface area contributed by atoms with Gasteiger partial charge in [0.15, 0.2) is 0 Å². The summed E-state index contributed by atoms with van der Waals surface area (Å²) in [5, 5.41) is 22.6. The molecular weight excluding hydrogens is 282 g/mol. The molecule has 0 spiro atoms. The first-order chi connectivity index (χ1) is 9.88. The summed E-state index contributed by atoms with van der Waals surface area (Å²) < 4.78 is 26.9. The van der Waals surface area contributed by atoms with E-state index in [4.69, 9.17) is 0 Å².